The van der Waals surface area contributed by atoms with Crippen molar-refractivity contribution in [3.05, 3.63) is 88.1 Å². The maximum Gasteiger partial charge on any atom is 0.255 e. The lowest BCUT2D eigenvalue weighted by Gasteiger charge is -2.06. The summed E-state index contributed by atoms with van der Waals surface area (Å²) < 4.78 is 13.8. The van der Waals surface area contributed by atoms with E-state index in [0.717, 1.165) is 4.47 Å². The molecule has 0 spiro atoms. The molecule has 1 amide bonds. The largest absolute Gasteiger partial charge is 0.507 e. The summed E-state index contributed by atoms with van der Waals surface area (Å²) in [5, 5.41) is 12.6. The molecule has 3 aromatic rings. The van der Waals surface area contributed by atoms with Crippen molar-refractivity contribution in [3.8, 4) is 5.75 Å². The van der Waals surface area contributed by atoms with Gasteiger partial charge in [-0.3, -0.25) is 9.79 Å². The van der Waals surface area contributed by atoms with E-state index in [2.05, 4.69) is 26.2 Å². The Bertz CT molecular complexity index is 972. The molecule has 0 saturated heterocycles. The lowest BCUT2D eigenvalue weighted by molar-refractivity contribution is 0.102. The number of amides is 1. The molecule has 0 saturated carbocycles. The maximum atomic E-state index is 12.9. The van der Waals surface area contributed by atoms with Crippen molar-refractivity contribution in [2.24, 2.45) is 4.99 Å². The number of rotatable bonds is 4. The number of carbonyl (C=O) groups excluding carboxylic acids is 1. The van der Waals surface area contributed by atoms with Crippen molar-refractivity contribution >= 4 is 39.4 Å². The number of halogens is 2. The van der Waals surface area contributed by atoms with Crippen LogP contribution in [0.4, 0.5) is 15.8 Å². The number of carbonyl (C=O) groups is 1. The third-order valence-corrected chi connectivity index (χ3v) is 4.05. The predicted molar refractivity (Wildman–Crippen MR) is 104 cm³/mol. The molecule has 2 N–H and O–H groups in total. The molecule has 3 rings (SSSR count). The molecule has 0 fully saturated rings. The average Bonchev–Trinajstić information content (AvgIpc) is 2.63. The van der Waals surface area contributed by atoms with Gasteiger partial charge < -0.3 is 10.4 Å². The van der Waals surface area contributed by atoms with E-state index in [-0.39, 0.29) is 11.7 Å². The topological polar surface area (TPSA) is 61.7 Å². The van der Waals surface area contributed by atoms with Crippen LogP contribution in [0.15, 0.2) is 76.2 Å². The summed E-state index contributed by atoms with van der Waals surface area (Å²) in [5.74, 6) is -0.609. The summed E-state index contributed by atoms with van der Waals surface area (Å²) in [6.07, 6.45) is 1.54. The molecular formula is C20H14BrFN2O2. The van der Waals surface area contributed by atoms with Crippen molar-refractivity contribution in [3.63, 3.8) is 0 Å². The second-order valence-electron chi connectivity index (χ2n) is 5.47. The van der Waals surface area contributed by atoms with Gasteiger partial charge in [0.2, 0.25) is 0 Å². The van der Waals surface area contributed by atoms with Gasteiger partial charge in [0.1, 0.15) is 11.6 Å². The fourth-order valence-corrected chi connectivity index (χ4v) is 2.62. The minimum absolute atomic E-state index is 0.123. The average molecular weight is 413 g/mol. The lowest BCUT2D eigenvalue weighted by Crippen LogP contribution is -2.11. The van der Waals surface area contributed by atoms with Crippen LogP contribution in [0.3, 0.4) is 0 Å². The van der Waals surface area contributed by atoms with E-state index < -0.39 is 5.82 Å². The number of phenolic OH excluding ortho intramolecular Hbond substituents is 1. The van der Waals surface area contributed by atoms with Crippen LogP contribution in [0.25, 0.3) is 0 Å². The van der Waals surface area contributed by atoms with Crippen molar-refractivity contribution in [2.75, 3.05) is 5.32 Å². The number of anilines is 1. The van der Waals surface area contributed by atoms with E-state index in [9.17, 15) is 14.3 Å². The maximum absolute atomic E-state index is 12.9. The van der Waals surface area contributed by atoms with Crippen molar-refractivity contribution < 1.29 is 14.3 Å². The molecule has 4 nitrogen and oxygen atoms in total. The Morgan fingerprint density at radius 1 is 1.08 bits per heavy atom. The van der Waals surface area contributed by atoms with E-state index >= 15 is 0 Å². The Kier molecular flexibility index (Phi) is 5.43. The van der Waals surface area contributed by atoms with Gasteiger partial charge >= 0.3 is 0 Å². The van der Waals surface area contributed by atoms with Gasteiger partial charge in [0.25, 0.3) is 5.91 Å². The van der Waals surface area contributed by atoms with Gasteiger partial charge in [0, 0.05) is 27.5 Å². The first-order valence-electron chi connectivity index (χ1n) is 7.71. The number of nitrogens with zero attached hydrogens (tertiary/aromatic N) is 1. The number of nitrogens with one attached hydrogen (secondary N) is 1. The predicted octanol–water partition coefficient (Wildman–Crippen LogP) is 5.30. The molecule has 0 heterocycles. The van der Waals surface area contributed by atoms with Gasteiger partial charge in [-0.25, -0.2) is 4.39 Å². The fourth-order valence-electron chi connectivity index (χ4n) is 2.24. The Labute approximate surface area is 158 Å². The van der Waals surface area contributed by atoms with E-state index in [1.54, 1.807) is 48.7 Å². The molecule has 0 atom stereocenters. The van der Waals surface area contributed by atoms with Crippen molar-refractivity contribution in [2.45, 2.75) is 0 Å². The van der Waals surface area contributed by atoms with Gasteiger partial charge in [-0.2, -0.15) is 0 Å². The van der Waals surface area contributed by atoms with E-state index in [1.165, 1.54) is 24.3 Å². The highest BCUT2D eigenvalue weighted by Crippen LogP contribution is 2.23. The molecule has 0 aromatic heterocycles. The summed E-state index contributed by atoms with van der Waals surface area (Å²) in [7, 11) is 0. The number of phenols is 1. The van der Waals surface area contributed by atoms with Crippen LogP contribution in [-0.2, 0) is 0 Å². The molecule has 3 aromatic carbocycles. The highest BCUT2D eigenvalue weighted by atomic mass is 79.9. The minimum atomic E-state index is -0.395. The minimum Gasteiger partial charge on any atom is -0.507 e. The van der Waals surface area contributed by atoms with Gasteiger partial charge in [0.05, 0.1) is 5.69 Å². The Balaban J connectivity index is 1.75. The molecule has 0 aliphatic carbocycles. The Morgan fingerprint density at radius 3 is 2.62 bits per heavy atom. The number of aliphatic imine (C=N–C) groups is 1. The zero-order chi connectivity index (χ0) is 18.5. The van der Waals surface area contributed by atoms with Crippen LogP contribution in [0, 0.1) is 5.82 Å². The Morgan fingerprint density at radius 2 is 1.85 bits per heavy atom. The molecule has 26 heavy (non-hydrogen) atoms. The van der Waals surface area contributed by atoms with Gasteiger partial charge in [-0.05, 0) is 60.7 Å². The second kappa shape index (κ2) is 7.93. The fraction of sp³-hybridized carbons (Fsp3) is 0. The molecule has 0 radical (unpaired) electrons. The molecule has 6 heteroatoms. The van der Waals surface area contributed by atoms with Gasteiger partial charge in [-0.1, -0.05) is 22.0 Å². The second-order valence-corrected chi connectivity index (χ2v) is 6.39. The highest BCUT2D eigenvalue weighted by Gasteiger charge is 2.06. The lowest BCUT2D eigenvalue weighted by atomic mass is 10.2. The van der Waals surface area contributed by atoms with Crippen LogP contribution >= 0.6 is 15.9 Å². The van der Waals surface area contributed by atoms with E-state index in [0.29, 0.717) is 22.5 Å². The molecule has 0 aliphatic rings. The van der Waals surface area contributed by atoms with Crippen LogP contribution in [-0.4, -0.2) is 17.2 Å². The highest BCUT2D eigenvalue weighted by molar-refractivity contribution is 9.10. The normalized spacial score (nSPS) is 10.8. The van der Waals surface area contributed by atoms with E-state index in [1.807, 2.05) is 0 Å². The monoisotopic (exact) mass is 412 g/mol. The molecule has 0 aliphatic heterocycles. The first-order chi connectivity index (χ1) is 12.5. The number of hydrogen-bond donors (Lipinski definition) is 2. The third kappa shape index (κ3) is 4.55. The van der Waals surface area contributed by atoms with Crippen LogP contribution in [0.1, 0.15) is 15.9 Å². The van der Waals surface area contributed by atoms with Crippen LogP contribution in [0.2, 0.25) is 0 Å². The first kappa shape index (κ1) is 17.8. The summed E-state index contributed by atoms with van der Waals surface area (Å²) >= 11 is 3.34. The summed E-state index contributed by atoms with van der Waals surface area (Å²) in [5.41, 5.74) is 2.10. The van der Waals surface area contributed by atoms with E-state index in [4.69, 9.17) is 0 Å². The zero-order valence-corrected chi connectivity index (χ0v) is 15.1. The zero-order valence-electron chi connectivity index (χ0n) is 13.5. The molecule has 130 valence electrons. The molecule has 0 bridgehead atoms. The van der Waals surface area contributed by atoms with Gasteiger partial charge in [0.15, 0.2) is 0 Å². The molecular weight excluding hydrogens is 399 g/mol. The summed E-state index contributed by atoms with van der Waals surface area (Å²) in [6, 6.07) is 17.3. The number of hydrogen-bond acceptors (Lipinski definition) is 3. The summed E-state index contributed by atoms with van der Waals surface area (Å²) in [4.78, 5) is 16.5. The SMILES string of the molecule is O=C(Nc1cccc(N=Cc2cc(Br)ccc2O)c1)c1ccc(F)cc1. The standard InChI is InChI=1S/C20H14BrFN2O2/c21-15-6-9-19(25)14(10-15)12-23-17-2-1-3-18(11-17)24-20(26)13-4-7-16(22)8-5-13/h1-12,25H,(H,24,26). The smallest absolute Gasteiger partial charge is 0.255 e. The number of benzene rings is 3. The summed E-state index contributed by atoms with van der Waals surface area (Å²) in [6.45, 7) is 0. The molecule has 0 unspecified atom stereocenters. The number of aromatic hydroxyl groups is 1. The quantitative estimate of drug-likeness (QED) is 0.571. The third-order valence-electron chi connectivity index (χ3n) is 3.55. The first-order valence-corrected chi connectivity index (χ1v) is 8.50. The van der Waals surface area contributed by atoms with Crippen molar-refractivity contribution in [1.29, 1.82) is 0 Å². The van der Waals surface area contributed by atoms with Crippen LogP contribution < -0.4 is 5.32 Å². The van der Waals surface area contributed by atoms with Crippen molar-refractivity contribution in [1.82, 2.24) is 0 Å². The van der Waals surface area contributed by atoms with Gasteiger partial charge in [-0.15, -0.1) is 0 Å². The Hall–Kier alpha value is -2.99. The van der Waals surface area contributed by atoms with Crippen LogP contribution in [0.5, 0.6) is 5.75 Å².